The van der Waals surface area contributed by atoms with Crippen LogP contribution in [-0.2, 0) is 27.7 Å². The number of ether oxygens (including phenoxy) is 1. The fraction of sp³-hybridized carbons (Fsp3) is 0.520. The van der Waals surface area contributed by atoms with Crippen LogP contribution in [0.2, 0.25) is 0 Å². The van der Waals surface area contributed by atoms with Gasteiger partial charge in [-0.3, -0.25) is 4.79 Å². The normalized spacial score (nSPS) is 20.8. The zero-order chi connectivity index (χ0) is 25.3. The highest BCUT2D eigenvalue weighted by atomic mass is 35.5. The molecule has 2 atom stereocenters. The number of piperidine rings is 1. The lowest BCUT2D eigenvalue weighted by Gasteiger charge is -2.34. The van der Waals surface area contributed by atoms with E-state index in [2.05, 4.69) is 24.1 Å². The molecule has 11 heteroatoms. The molecule has 1 fully saturated rings. The summed E-state index contributed by atoms with van der Waals surface area (Å²) in [6.45, 7) is 8.68. The third-order valence-corrected chi connectivity index (χ3v) is 9.52. The molecule has 1 amide bonds. The highest BCUT2D eigenvalue weighted by molar-refractivity contribution is 7.89. The van der Waals surface area contributed by atoms with Gasteiger partial charge >= 0.3 is 5.97 Å². The van der Waals surface area contributed by atoms with Crippen molar-refractivity contribution in [3.05, 3.63) is 45.8 Å². The average Bonchev–Trinajstić information content (AvgIpc) is 3.15. The topological polar surface area (TPSA) is 96.0 Å². The van der Waals surface area contributed by atoms with Crippen LogP contribution in [0.5, 0.6) is 0 Å². The van der Waals surface area contributed by atoms with Gasteiger partial charge in [0.1, 0.15) is 5.00 Å². The fourth-order valence-corrected chi connectivity index (χ4v) is 7.93. The molecule has 1 aromatic heterocycles. The number of thiophene rings is 1. The highest BCUT2D eigenvalue weighted by Gasteiger charge is 2.32. The number of carbonyl (C=O) groups is 2. The number of likely N-dealkylation sites (N-methyl/N-ethyl adjacent to an activating group) is 1. The van der Waals surface area contributed by atoms with Crippen molar-refractivity contribution < 1.29 is 22.7 Å². The predicted octanol–water partition coefficient (Wildman–Crippen LogP) is 4.25. The Morgan fingerprint density at radius 1 is 1.14 bits per heavy atom. The van der Waals surface area contributed by atoms with Crippen LogP contribution in [-0.4, -0.2) is 62.8 Å². The molecule has 4 rings (SSSR count). The number of esters is 1. The van der Waals surface area contributed by atoms with Crippen molar-refractivity contribution in [3.63, 3.8) is 0 Å². The van der Waals surface area contributed by atoms with Crippen LogP contribution in [0, 0.1) is 11.8 Å². The lowest BCUT2D eigenvalue weighted by atomic mass is 9.94. The van der Waals surface area contributed by atoms with Gasteiger partial charge in [0.2, 0.25) is 10.0 Å². The van der Waals surface area contributed by atoms with Crippen molar-refractivity contribution in [2.24, 2.45) is 11.8 Å². The van der Waals surface area contributed by atoms with Gasteiger partial charge in [0.25, 0.3) is 5.91 Å². The minimum Gasteiger partial charge on any atom is -0.462 e. The van der Waals surface area contributed by atoms with Crippen molar-refractivity contribution >= 4 is 50.6 Å². The van der Waals surface area contributed by atoms with Gasteiger partial charge in [0.15, 0.2) is 0 Å². The smallest absolute Gasteiger partial charge is 0.341 e. The van der Waals surface area contributed by atoms with Crippen LogP contribution in [0.1, 0.15) is 58.3 Å². The monoisotopic (exact) mass is 555 g/mol. The number of hydrogen-bond donors (Lipinski definition) is 1. The largest absolute Gasteiger partial charge is 0.462 e. The average molecular weight is 556 g/mol. The van der Waals surface area contributed by atoms with Crippen LogP contribution in [0.4, 0.5) is 5.00 Å². The number of nitrogens with one attached hydrogen (secondary N) is 1. The Morgan fingerprint density at radius 3 is 2.39 bits per heavy atom. The number of carbonyl (C=O) groups excluding carboxylic acids is 2. The first kappa shape index (κ1) is 28.6. The van der Waals surface area contributed by atoms with Gasteiger partial charge < -0.3 is 15.0 Å². The van der Waals surface area contributed by atoms with Crippen molar-refractivity contribution in [1.29, 1.82) is 0 Å². The molecular formula is C25H34ClN3O5S2. The number of benzene rings is 1. The molecule has 2 unspecified atom stereocenters. The highest BCUT2D eigenvalue weighted by Crippen LogP contribution is 2.37. The van der Waals surface area contributed by atoms with Gasteiger partial charge in [-0.25, -0.2) is 13.2 Å². The van der Waals surface area contributed by atoms with E-state index < -0.39 is 21.9 Å². The number of anilines is 1. The maximum absolute atomic E-state index is 13.1. The molecule has 0 spiro atoms. The Balaban J connectivity index is 0.00000361. The van der Waals surface area contributed by atoms with E-state index in [0.29, 0.717) is 54.0 Å². The lowest BCUT2D eigenvalue weighted by Crippen LogP contribution is -2.42. The summed E-state index contributed by atoms with van der Waals surface area (Å²) in [7, 11) is -1.60. The van der Waals surface area contributed by atoms with Crippen LogP contribution >= 0.6 is 23.7 Å². The molecule has 2 aliphatic rings. The Kier molecular flexibility index (Phi) is 9.21. The first-order valence-electron chi connectivity index (χ1n) is 12.0. The molecule has 0 radical (unpaired) electrons. The van der Waals surface area contributed by atoms with E-state index in [0.717, 1.165) is 23.4 Å². The van der Waals surface area contributed by atoms with Gasteiger partial charge in [-0.05, 0) is 68.5 Å². The van der Waals surface area contributed by atoms with E-state index in [-0.39, 0.29) is 23.9 Å². The third kappa shape index (κ3) is 5.94. The zero-order valence-electron chi connectivity index (χ0n) is 21.1. The summed E-state index contributed by atoms with van der Waals surface area (Å²) in [6.07, 6.45) is 1.73. The van der Waals surface area contributed by atoms with Gasteiger partial charge in [-0.15, -0.1) is 23.7 Å². The van der Waals surface area contributed by atoms with Crippen LogP contribution in [0.15, 0.2) is 29.2 Å². The lowest BCUT2D eigenvalue weighted by molar-refractivity contribution is 0.0526. The second-order valence-corrected chi connectivity index (χ2v) is 12.7. The van der Waals surface area contributed by atoms with Crippen molar-refractivity contribution in [1.82, 2.24) is 9.21 Å². The predicted molar refractivity (Wildman–Crippen MR) is 144 cm³/mol. The number of fused-ring (bicyclic) bond motifs is 1. The maximum Gasteiger partial charge on any atom is 0.341 e. The molecule has 2 aromatic rings. The Morgan fingerprint density at radius 2 is 1.78 bits per heavy atom. The molecule has 0 saturated carbocycles. The molecule has 198 valence electrons. The Bertz CT molecular complexity index is 1200. The SMILES string of the molecule is CCOC(=O)c1c(NC(=O)c2ccc(S(=O)(=O)N3CC(C)CC(C)C3)cc2)sc2c1CCN(C)C2.Cl. The van der Waals surface area contributed by atoms with E-state index in [1.807, 2.05) is 7.05 Å². The molecule has 1 aromatic carbocycles. The molecule has 36 heavy (non-hydrogen) atoms. The Hall–Kier alpha value is -1.98. The molecule has 0 bridgehead atoms. The van der Waals surface area contributed by atoms with Gasteiger partial charge in [-0.1, -0.05) is 13.8 Å². The summed E-state index contributed by atoms with van der Waals surface area (Å²) in [6, 6.07) is 6.00. The molecule has 3 heterocycles. The van der Waals surface area contributed by atoms with Crippen LogP contribution in [0.25, 0.3) is 0 Å². The summed E-state index contributed by atoms with van der Waals surface area (Å²) >= 11 is 1.39. The first-order chi connectivity index (χ1) is 16.6. The van der Waals surface area contributed by atoms with E-state index in [4.69, 9.17) is 4.74 Å². The minimum atomic E-state index is -3.62. The molecule has 8 nitrogen and oxygen atoms in total. The first-order valence-corrected chi connectivity index (χ1v) is 14.3. The number of amides is 1. The number of halogens is 1. The number of nitrogens with zero attached hydrogens (tertiary/aromatic N) is 2. The second kappa shape index (κ2) is 11.6. The summed E-state index contributed by atoms with van der Waals surface area (Å²) < 4.78 is 33.1. The fourth-order valence-electron chi connectivity index (χ4n) is 4.94. The molecule has 1 saturated heterocycles. The summed E-state index contributed by atoms with van der Waals surface area (Å²) in [5.74, 6) is -0.213. The number of rotatable bonds is 6. The van der Waals surface area contributed by atoms with Gasteiger partial charge in [0.05, 0.1) is 17.1 Å². The number of hydrogen-bond acceptors (Lipinski definition) is 7. The van der Waals surface area contributed by atoms with Crippen molar-refractivity contribution in [3.8, 4) is 0 Å². The van der Waals surface area contributed by atoms with E-state index >= 15 is 0 Å². The molecule has 2 aliphatic heterocycles. The molecule has 0 aliphatic carbocycles. The molecular weight excluding hydrogens is 522 g/mol. The van der Waals surface area contributed by atoms with Gasteiger partial charge in [0, 0.05) is 36.6 Å². The van der Waals surface area contributed by atoms with Crippen molar-refractivity contribution in [2.75, 3.05) is 38.6 Å². The van der Waals surface area contributed by atoms with Gasteiger partial charge in [-0.2, -0.15) is 4.31 Å². The van der Waals surface area contributed by atoms with Crippen molar-refractivity contribution in [2.45, 2.75) is 45.1 Å². The second-order valence-electron chi connectivity index (χ2n) is 9.66. The maximum atomic E-state index is 13.1. The summed E-state index contributed by atoms with van der Waals surface area (Å²) in [4.78, 5) is 29.1. The van der Waals surface area contributed by atoms with Crippen LogP contribution < -0.4 is 5.32 Å². The summed E-state index contributed by atoms with van der Waals surface area (Å²) in [5.41, 5.74) is 1.69. The quantitative estimate of drug-likeness (QED) is 0.535. The summed E-state index contributed by atoms with van der Waals surface area (Å²) in [5, 5.41) is 3.35. The Labute approximate surface area is 223 Å². The molecule has 1 N–H and O–H groups in total. The third-order valence-electron chi connectivity index (χ3n) is 6.54. The van der Waals surface area contributed by atoms with E-state index in [1.54, 1.807) is 11.2 Å². The van der Waals surface area contributed by atoms with E-state index in [9.17, 15) is 18.0 Å². The van der Waals surface area contributed by atoms with Crippen LogP contribution in [0.3, 0.4) is 0 Å². The zero-order valence-corrected chi connectivity index (χ0v) is 23.5. The van der Waals surface area contributed by atoms with E-state index in [1.165, 1.54) is 35.6 Å². The minimum absolute atomic E-state index is 0. The number of sulfonamides is 1. The standard InChI is InChI=1S/C25H33N3O5S2.ClH/c1-5-33-25(30)22-20-10-11-27(4)15-21(20)34-24(22)26-23(29)18-6-8-19(9-7-18)35(31,32)28-13-16(2)12-17(3)14-28;/h6-9,16-17H,5,10-15H2,1-4H3,(H,26,29);1H.